The second-order valence-corrected chi connectivity index (χ2v) is 11.9. The first-order valence-corrected chi connectivity index (χ1v) is 14.1. The molecular formula is C30H42N2. The van der Waals surface area contributed by atoms with Crippen molar-refractivity contribution in [2.75, 3.05) is 0 Å². The Morgan fingerprint density at radius 2 is 1.84 bits per heavy atom. The standard InChI is InChI=1S/C30H42N2/c1-5-21-18(4)28(27-22(6-2)23-12-8-10-19-14-16-24(27)31(19)23)30(7-3)26-13-9-11-20-15-17-25(29(21)30)32(20)26/h13,17-21,28-29H,5-12,14-16H2,1-4H3. The van der Waals surface area contributed by atoms with Gasteiger partial charge in [-0.2, -0.15) is 0 Å². The summed E-state index contributed by atoms with van der Waals surface area (Å²) in [6.07, 6.45) is 20.1. The van der Waals surface area contributed by atoms with Crippen LogP contribution in [0.3, 0.4) is 0 Å². The third-order valence-electron chi connectivity index (χ3n) is 11.2. The number of allylic oxidation sites excluding steroid dienone is 3. The summed E-state index contributed by atoms with van der Waals surface area (Å²) >= 11 is 0. The van der Waals surface area contributed by atoms with Crippen molar-refractivity contribution in [3.8, 4) is 0 Å². The summed E-state index contributed by atoms with van der Waals surface area (Å²) < 4.78 is 2.90. The molecule has 1 aliphatic carbocycles. The molecule has 0 aromatic carbocycles. The van der Waals surface area contributed by atoms with E-state index in [0.717, 1.165) is 29.8 Å². The molecular weight excluding hydrogens is 388 g/mol. The average Bonchev–Trinajstić information content (AvgIpc) is 3.59. The van der Waals surface area contributed by atoms with Crippen LogP contribution < -0.4 is 0 Å². The van der Waals surface area contributed by atoms with Crippen LogP contribution in [0.4, 0.5) is 0 Å². The predicted octanol–water partition coefficient (Wildman–Crippen LogP) is 7.30. The van der Waals surface area contributed by atoms with Gasteiger partial charge in [0.2, 0.25) is 0 Å². The zero-order valence-electron chi connectivity index (χ0n) is 20.8. The third kappa shape index (κ3) is 2.10. The van der Waals surface area contributed by atoms with Gasteiger partial charge in [-0.3, -0.25) is 0 Å². The summed E-state index contributed by atoms with van der Waals surface area (Å²) in [7, 11) is 0. The highest BCUT2D eigenvalue weighted by molar-refractivity contribution is 5.52. The highest BCUT2D eigenvalue weighted by Gasteiger charge is 2.68. The van der Waals surface area contributed by atoms with Crippen LogP contribution >= 0.6 is 0 Å². The summed E-state index contributed by atoms with van der Waals surface area (Å²) in [6, 6.07) is 1.58. The van der Waals surface area contributed by atoms with Crippen LogP contribution in [-0.2, 0) is 19.3 Å². The first-order chi connectivity index (χ1) is 15.7. The molecule has 32 heavy (non-hydrogen) atoms. The lowest BCUT2D eigenvalue weighted by Gasteiger charge is -2.42. The molecule has 0 bridgehead atoms. The number of aromatic nitrogens is 1. The Hall–Kier alpha value is -1.44. The predicted molar refractivity (Wildman–Crippen MR) is 132 cm³/mol. The molecule has 0 N–H and O–H groups in total. The van der Waals surface area contributed by atoms with Gasteiger partial charge in [0.25, 0.3) is 0 Å². The average molecular weight is 431 g/mol. The quantitative estimate of drug-likeness (QED) is 0.487. The van der Waals surface area contributed by atoms with Gasteiger partial charge in [-0.25, -0.2) is 0 Å². The Kier molecular flexibility index (Phi) is 4.24. The van der Waals surface area contributed by atoms with E-state index in [1.54, 1.807) is 28.3 Å². The monoisotopic (exact) mass is 430 g/mol. The van der Waals surface area contributed by atoms with Crippen LogP contribution in [0.2, 0.25) is 0 Å². The van der Waals surface area contributed by atoms with Gasteiger partial charge in [0.1, 0.15) is 0 Å². The fourth-order valence-electron chi connectivity index (χ4n) is 10.3. The molecule has 2 fully saturated rings. The van der Waals surface area contributed by atoms with Crippen LogP contribution in [0.15, 0.2) is 23.5 Å². The van der Waals surface area contributed by atoms with Crippen LogP contribution in [0.5, 0.6) is 0 Å². The molecule has 1 aromatic heterocycles. The van der Waals surface area contributed by atoms with Crippen molar-refractivity contribution < 1.29 is 0 Å². The summed E-state index contributed by atoms with van der Waals surface area (Å²) in [6.45, 7) is 10.1. The number of rotatable bonds is 4. The van der Waals surface area contributed by atoms with Crippen molar-refractivity contribution in [1.82, 2.24) is 9.47 Å². The fraction of sp³-hybridized carbons (Fsp3) is 0.733. The first-order valence-electron chi connectivity index (χ1n) is 14.1. The Bertz CT molecular complexity index is 1020. The summed E-state index contributed by atoms with van der Waals surface area (Å²) in [5, 5.41) is 0. The van der Waals surface area contributed by atoms with E-state index < -0.39 is 0 Å². The zero-order chi connectivity index (χ0) is 21.8. The molecule has 0 amide bonds. The number of fused-ring (bicyclic) bond motifs is 3. The van der Waals surface area contributed by atoms with Gasteiger partial charge in [0, 0.05) is 52.1 Å². The third-order valence-corrected chi connectivity index (χ3v) is 11.2. The SMILES string of the molecule is CCc1c(C2C(C)C(CC)C3C4=CCC5CCC=C(N45)C32CC)c2n3c1CCCC3CC2. The highest BCUT2D eigenvalue weighted by atomic mass is 15.3. The van der Waals surface area contributed by atoms with Gasteiger partial charge in [-0.15, -0.1) is 0 Å². The van der Waals surface area contributed by atoms with E-state index in [-0.39, 0.29) is 0 Å². The second kappa shape index (κ2) is 6.80. The van der Waals surface area contributed by atoms with Crippen molar-refractivity contribution in [2.45, 2.75) is 116 Å². The Morgan fingerprint density at radius 1 is 0.969 bits per heavy atom. The lowest BCUT2D eigenvalue weighted by Crippen LogP contribution is -2.37. The lowest BCUT2D eigenvalue weighted by atomic mass is 9.64. The fourth-order valence-corrected chi connectivity index (χ4v) is 10.3. The molecule has 7 unspecified atom stereocenters. The van der Waals surface area contributed by atoms with Gasteiger partial charge in [-0.05, 0) is 87.2 Å². The molecule has 0 radical (unpaired) electrons. The lowest BCUT2D eigenvalue weighted by molar-refractivity contribution is 0.221. The van der Waals surface area contributed by atoms with E-state index in [2.05, 4.69) is 49.3 Å². The number of nitrogens with zero attached hydrogens (tertiary/aromatic N) is 2. The molecule has 7 atom stereocenters. The van der Waals surface area contributed by atoms with Gasteiger partial charge >= 0.3 is 0 Å². The second-order valence-electron chi connectivity index (χ2n) is 11.9. The smallest absolute Gasteiger partial charge is 0.0374 e. The molecule has 1 aromatic rings. The maximum absolute atomic E-state index is 2.90. The van der Waals surface area contributed by atoms with E-state index in [1.807, 2.05) is 5.56 Å². The molecule has 2 nitrogen and oxygen atoms in total. The van der Waals surface area contributed by atoms with Crippen LogP contribution in [-0.4, -0.2) is 15.5 Å². The van der Waals surface area contributed by atoms with Gasteiger partial charge in [0.05, 0.1) is 0 Å². The Labute approximate surface area is 195 Å². The zero-order valence-corrected chi connectivity index (χ0v) is 20.8. The highest BCUT2D eigenvalue weighted by Crippen LogP contribution is 2.74. The number of hydrogen-bond acceptors (Lipinski definition) is 1. The minimum atomic E-state index is 0.334. The van der Waals surface area contributed by atoms with E-state index in [9.17, 15) is 0 Å². The molecule has 0 spiro atoms. The van der Waals surface area contributed by atoms with Crippen LogP contribution in [0, 0.1) is 23.2 Å². The molecule has 2 heteroatoms. The summed E-state index contributed by atoms with van der Waals surface area (Å²) in [5.74, 6) is 3.06. The van der Waals surface area contributed by atoms with E-state index in [0.29, 0.717) is 11.3 Å². The van der Waals surface area contributed by atoms with Crippen LogP contribution in [0.1, 0.15) is 114 Å². The topological polar surface area (TPSA) is 8.17 Å². The van der Waals surface area contributed by atoms with Crippen LogP contribution in [0.25, 0.3) is 0 Å². The molecule has 1 saturated carbocycles. The minimum absolute atomic E-state index is 0.334. The summed E-state index contributed by atoms with van der Waals surface area (Å²) in [4.78, 5) is 2.89. The first kappa shape index (κ1) is 20.0. The molecule has 1 saturated heterocycles. The van der Waals surface area contributed by atoms with Gasteiger partial charge < -0.3 is 9.47 Å². The van der Waals surface area contributed by atoms with E-state index in [1.165, 1.54) is 70.6 Å². The van der Waals surface area contributed by atoms with Crippen molar-refractivity contribution in [1.29, 1.82) is 0 Å². The van der Waals surface area contributed by atoms with E-state index in [4.69, 9.17) is 0 Å². The van der Waals surface area contributed by atoms with Crippen molar-refractivity contribution in [3.63, 3.8) is 0 Å². The normalized spacial score (nSPS) is 40.9. The molecule has 5 aliphatic heterocycles. The maximum atomic E-state index is 2.90. The van der Waals surface area contributed by atoms with Gasteiger partial charge in [0.15, 0.2) is 0 Å². The molecule has 6 aliphatic rings. The number of hydrogen-bond donors (Lipinski definition) is 0. The van der Waals surface area contributed by atoms with Crippen molar-refractivity contribution >= 4 is 0 Å². The molecule has 6 heterocycles. The summed E-state index contributed by atoms with van der Waals surface area (Å²) in [5.41, 5.74) is 11.1. The van der Waals surface area contributed by atoms with Crippen molar-refractivity contribution in [2.24, 2.45) is 23.2 Å². The van der Waals surface area contributed by atoms with Gasteiger partial charge in [-0.1, -0.05) is 46.3 Å². The Balaban J connectivity index is 1.50. The minimum Gasteiger partial charge on any atom is -0.345 e. The largest absolute Gasteiger partial charge is 0.345 e. The Morgan fingerprint density at radius 3 is 2.62 bits per heavy atom. The van der Waals surface area contributed by atoms with E-state index >= 15 is 0 Å². The molecule has 172 valence electrons. The maximum Gasteiger partial charge on any atom is 0.0374 e. The van der Waals surface area contributed by atoms with Crippen molar-refractivity contribution in [3.05, 3.63) is 46.1 Å². The molecule has 7 rings (SSSR count).